The van der Waals surface area contributed by atoms with Crippen LogP contribution in [-0.2, 0) is 4.79 Å². The van der Waals surface area contributed by atoms with Gasteiger partial charge in [0.15, 0.2) is 0 Å². The molecule has 0 spiro atoms. The second kappa shape index (κ2) is 11.1. The molecular weight excluding hydrogens is 743 g/mol. The second-order valence-corrected chi connectivity index (χ2v) is 9.02. The summed E-state index contributed by atoms with van der Waals surface area (Å²) in [4.78, 5) is 81.8. The predicted octanol–water partition coefficient (Wildman–Crippen LogP) is 1.38. The molecule has 0 saturated heterocycles. The third-order valence-electron chi connectivity index (χ3n) is 6.18. The van der Waals surface area contributed by atoms with E-state index < -0.39 is 5.97 Å². The van der Waals surface area contributed by atoms with Crippen molar-refractivity contribution in [2.24, 2.45) is 0 Å². The van der Waals surface area contributed by atoms with Crippen molar-refractivity contribution in [2.75, 3.05) is 0 Å². The van der Waals surface area contributed by atoms with Crippen LogP contribution in [0.5, 0.6) is 0 Å². The average Bonchev–Trinajstić information content (AvgIpc) is 3.76. The Morgan fingerprint density at radius 3 is 0.933 bits per heavy atom. The molecule has 19 heteroatoms. The number of aliphatic carboxylic acids is 1. The van der Waals surface area contributed by atoms with Gasteiger partial charge < -0.3 is 35.0 Å². The molecule has 2 aliphatic rings. The number of carboxylic acid groups (broad SMARTS) is 1. The summed E-state index contributed by atoms with van der Waals surface area (Å²) in [6.07, 6.45) is 12.4. The maximum Gasteiger partial charge on any atom is 0.300 e. The zero-order valence-corrected chi connectivity index (χ0v) is 24.0. The van der Waals surface area contributed by atoms with Gasteiger partial charge in [0.25, 0.3) is 5.97 Å². The Kier molecular flexibility index (Phi) is 6.98. The van der Waals surface area contributed by atoms with Gasteiger partial charge in [-0.15, -0.1) is 0 Å². The Labute approximate surface area is 278 Å². The van der Waals surface area contributed by atoms with E-state index in [1.807, 2.05) is 0 Å². The normalized spacial score (nSPS) is 11.2. The van der Waals surface area contributed by atoms with E-state index >= 15 is 0 Å². The molecule has 0 aromatic carbocycles. The summed E-state index contributed by atoms with van der Waals surface area (Å²) < 4.78 is 0. The van der Waals surface area contributed by atoms with E-state index in [0.717, 1.165) is 6.92 Å². The summed E-state index contributed by atoms with van der Waals surface area (Å²) in [6.45, 7) is 1.08. The standard InChI is InChI=1S/C24H8N16.C2H4O2.Lu/c1-2-26-10-9(25-1)17-33-18(10)38-20-13-14(30-6-5-29-13)22(35-20)40-24-16-15(31-7-8-32-16)23(36-24)39-21-12-11(19(34-21)37-17)27-3-4-28-12;1-2(3)4;/h1-8H;1H3,(H,3,4);/q-2;;. The van der Waals surface area contributed by atoms with E-state index in [2.05, 4.69) is 79.7 Å². The number of nitrogens with zero attached hydrogens (tertiary/aromatic N) is 16. The van der Waals surface area contributed by atoms with Gasteiger partial charge in [-0.3, -0.25) is 44.7 Å². The topological polar surface area (TPSA) is 246 Å². The van der Waals surface area contributed by atoms with E-state index in [0.29, 0.717) is 44.8 Å². The number of carbonyl (C=O) groups is 1. The first kappa shape index (κ1) is 28.2. The van der Waals surface area contributed by atoms with Gasteiger partial charge in [0.2, 0.25) is 0 Å². The van der Waals surface area contributed by atoms with Crippen LogP contribution in [-0.4, -0.2) is 80.9 Å². The van der Waals surface area contributed by atoms with Crippen LogP contribution >= 0.6 is 0 Å². The number of hydrogen-bond donors (Lipinski definition) is 1. The fourth-order valence-electron chi connectivity index (χ4n) is 4.51. The van der Waals surface area contributed by atoms with Gasteiger partial charge in [-0.1, -0.05) is 0 Å². The minimum atomic E-state index is -0.833. The summed E-state index contributed by atoms with van der Waals surface area (Å²) in [7, 11) is 0. The first-order chi connectivity index (χ1) is 21.5. The molecule has 1 N–H and O–H groups in total. The Balaban J connectivity index is 0.000000617. The zero-order chi connectivity index (χ0) is 29.8. The van der Waals surface area contributed by atoms with E-state index in [-0.39, 0.29) is 82.8 Å². The van der Waals surface area contributed by atoms with Crippen LogP contribution in [0, 0.1) is 36.9 Å². The summed E-state index contributed by atoms with van der Waals surface area (Å²) in [6, 6.07) is 0. The average molecular weight is 755 g/mol. The van der Waals surface area contributed by atoms with Crippen molar-refractivity contribution in [2.45, 2.75) is 6.92 Å². The van der Waals surface area contributed by atoms with Crippen molar-refractivity contribution in [1.82, 2.24) is 79.7 Å². The second-order valence-electron chi connectivity index (χ2n) is 9.02. The Bertz CT molecular complexity index is 2160. The van der Waals surface area contributed by atoms with Crippen molar-refractivity contribution in [1.29, 1.82) is 0 Å². The smallest absolute Gasteiger partial charge is 0.300 e. The molecule has 0 saturated carbocycles. The summed E-state index contributed by atoms with van der Waals surface area (Å²) in [5.74, 6) is 0.176. The fourth-order valence-corrected chi connectivity index (χ4v) is 4.51. The Morgan fingerprint density at radius 1 is 0.467 bits per heavy atom. The molecule has 7 aromatic heterocycles. The largest absolute Gasteiger partial charge is 0.481 e. The van der Waals surface area contributed by atoms with Gasteiger partial charge in [-0.2, -0.15) is 0 Å². The zero-order valence-electron chi connectivity index (χ0n) is 22.4. The molecular formula is C26H12LuN16O2-2. The van der Waals surface area contributed by atoms with Crippen molar-refractivity contribution in [3.8, 4) is 46.1 Å². The maximum atomic E-state index is 9.00. The van der Waals surface area contributed by atoms with Crippen LogP contribution in [0.3, 0.4) is 0 Å². The molecule has 9 heterocycles. The molecule has 8 bridgehead atoms. The van der Waals surface area contributed by atoms with E-state index in [1.165, 1.54) is 0 Å². The maximum absolute atomic E-state index is 9.00. The first-order valence-electron chi connectivity index (χ1n) is 12.7. The molecule has 0 unspecified atom stereocenters. The minimum Gasteiger partial charge on any atom is -0.481 e. The van der Waals surface area contributed by atoms with Gasteiger partial charge in [-0.25, -0.2) is 9.97 Å². The minimum absolute atomic E-state index is 0. The van der Waals surface area contributed by atoms with Crippen molar-refractivity contribution in [3.05, 3.63) is 49.6 Å². The fraction of sp³-hybridized carbons (Fsp3) is 0.0385. The van der Waals surface area contributed by atoms with Crippen LogP contribution in [0.2, 0.25) is 0 Å². The molecule has 1 radical (unpaired) electrons. The summed E-state index contributed by atoms with van der Waals surface area (Å²) in [5, 5.41) is 7.42. The SMILES string of the molecule is CC(=O)O.[Lu].c1cnc2c(n1)-c1nc-2nc2[n-]c(nc3nc(nc4[n-]c(n1)c1nccnc41)-c1nccnc1-3)c1nccnc21. The molecule has 7 aromatic rings. The van der Waals surface area contributed by atoms with E-state index in [4.69, 9.17) is 9.90 Å². The van der Waals surface area contributed by atoms with Gasteiger partial charge in [0.05, 0.1) is 0 Å². The summed E-state index contributed by atoms with van der Waals surface area (Å²) in [5.41, 5.74) is 4.45. The number of hydrogen-bond acceptors (Lipinski definition) is 15. The van der Waals surface area contributed by atoms with Crippen LogP contribution < -0.4 is 9.97 Å². The van der Waals surface area contributed by atoms with Crippen LogP contribution in [0.4, 0.5) is 0 Å². The molecule has 2 aliphatic heterocycles. The molecule has 45 heavy (non-hydrogen) atoms. The third-order valence-corrected chi connectivity index (χ3v) is 6.18. The van der Waals surface area contributed by atoms with E-state index in [1.54, 1.807) is 49.6 Å². The van der Waals surface area contributed by atoms with Gasteiger partial charge in [0.1, 0.15) is 68.1 Å². The molecule has 18 nitrogen and oxygen atoms in total. The number of aromatic nitrogens is 16. The predicted molar refractivity (Wildman–Crippen MR) is 150 cm³/mol. The van der Waals surface area contributed by atoms with Crippen LogP contribution in [0.15, 0.2) is 49.6 Å². The monoisotopic (exact) mass is 755 g/mol. The molecule has 0 fully saturated rings. The molecule has 0 aliphatic carbocycles. The molecule has 9 rings (SSSR count). The van der Waals surface area contributed by atoms with Crippen LogP contribution in [0.25, 0.3) is 90.7 Å². The number of carboxylic acids is 1. The number of rotatable bonds is 0. The number of fused-ring (bicyclic) bond motifs is 20. The summed E-state index contributed by atoms with van der Waals surface area (Å²) >= 11 is 0. The van der Waals surface area contributed by atoms with Crippen LogP contribution in [0.1, 0.15) is 6.92 Å². The molecule has 0 amide bonds. The van der Waals surface area contributed by atoms with Crippen molar-refractivity contribution < 1.29 is 46.8 Å². The van der Waals surface area contributed by atoms with Crippen molar-refractivity contribution >= 4 is 50.6 Å². The van der Waals surface area contributed by atoms with E-state index in [9.17, 15) is 0 Å². The van der Waals surface area contributed by atoms with Gasteiger partial charge in [-0.05, 0) is 0 Å². The Hall–Kier alpha value is -5.62. The third kappa shape index (κ3) is 4.85. The van der Waals surface area contributed by atoms with Crippen molar-refractivity contribution in [3.63, 3.8) is 0 Å². The van der Waals surface area contributed by atoms with Gasteiger partial charge in [0, 0.05) is 116 Å². The molecule has 0 atom stereocenters. The quantitative estimate of drug-likeness (QED) is 0.230. The first-order valence-corrected chi connectivity index (χ1v) is 12.7. The van der Waals surface area contributed by atoms with Gasteiger partial charge >= 0.3 is 0 Å². The Morgan fingerprint density at radius 2 is 0.689 bits per heavy atom. The molecule has 225 valence electrons.